The molecule has 5 heteroatoms. The second-order valence-electron chi connectivity index (χ2n) is 12.4. The van der Waals surface area contributed by atoms with Crippen molar-refractivity contribution >= 4 is 63.0 Å². The van der Waals surface area contributed by atoms with Crippen LogP contribution in [0.2, 0.25) is 0 Å². The molecule has 50 heavy (non-hydrogen) atoms. The maximum absolute atomic E-state index is 5.00. The Morgan fingerprint density at radius 1 is 0.320 bits per heavy atom. The Balaban J connectivity index is 1.16. The van der Waals surface area contributed by atoms with E-state index in [-0.39, 0.29) is 0 Å². The highest BCUT2D eigenvalue weighted by molar-refractivity contribution is 7.27. The summed E-state index contributed by atoms with van der Waals surface area (Å²) >= 11 is 3.73. The number of benzene rings is 7. The fourth-order valence-corrected chi connectivity index (χ4v) is 9.52. The molecule has 0 saturated heterocycles. The van der Waals surface area contributed by atoms with Gasteiger partial charge < -0.3 is 0 Å². The van der Waals surface area contributed by atoms with E-state index in [1.54, 1.807) is 0 Å². The minimum absolute atomic E-state index is 0.666. The molecule has 0 aliphatic rings. The van der Waals surface area contributed by atoms with Gasteiger partial charge in [0.1, 0.15) is 0 Å². The zero-order valence-corrected chi connectivity index (χ0v) is 28.4. The number of thiophene rings is 2. The summed E-state index contributed by atoms with van der Waals surface area (Å²) in [5.74, 6) is 2.00. The Hall–Kier alpha value is -6.01. The van der Waals surface area contributed by atoms with Crippen LogP contribution in [0, 0.1) is 0 Å². The highest BCUT2D eigenvalue weighted by atomic mass is 32.1. The highest BCUT2D eigenvalue weighted by Gasteiger charge is 2.19. The summed E-state index contributed by atoms with van der Waals surface area (Å²) in [5, 5.41) is 5.13. The van der Waals surface area contributed by atoms with Gasteiger partial charge in [-0.15, -0.1) is 22.7 Å². The van der Waals surface area contributed by atoms with Gasteiger partial charge in [-0.25, -0.2) is 15.0 Å². The van der Waals surface area contributed by atoms with Crippen molar-refractivity contribution < 1.29 is 0 Å². The molecule has 3 heterocycles. The van der Waals surface area contributed by atoms with E-state index in [0.29, 0.717) is 17.5 Å². The molecule has 0 unspecified atom stereocenters. The van der Waals surface area contributed by atoms with E-state index < -0.39 is 0 Å². The van der Waals surface area contributed by atoms with E-state index in [4.69, 9.17) is 15.0 Å². The van der Waals surface area contributed by atoms with Crippen LogP contribution in [0.15, 0.2) is 164 Å². The normalized spacial score (nSPS) is 11.6. The number of nitrogens with zero attached hydrogens (tertiary/aromatic N) is 3. The van der Waals surface area contributed by atoms with Gasteiger partial charge in [0.05, 0.1) is 0 Å². The number of fused-ring (bicyclic) bond motifs is 6. The Morgan fingerprint density at radius 3 is 1.58 bits per heavy atom. The molecule has 0 saturated carbocycles. The Bertz CT molecular complexity index is 2800. The third-order valence-corrected chi connectivity index (χ3v) is 11.8. The van der Waals surface area contributed by atoms with Crippen molar-refractivity contribution in [2.45, 2.75) is 0 Å². The summed E-state index contributed by atoms with van der Waals surface area (Å²) < 4.78 is 5.13. The average molecular weight is 674 g/mol. The first-order valence-electron chi connectivity index (χ1n) is 16.6. The summed E-state index contributed by atoms with van der Waals surface area (Å²) in [5.41, 5.74) is 7.95. The van der Waals surface area contributed by atoms with Crippen LogP contribution in [0.5, 0.6) is 0 Å². The average Bonchev–Trinajstić information content (AvgIpc) is 3.77. The quantitative estimate of drug-likeness (QED) is 0.182. The molecule has 0 atom stereocenters. The van der Waals surface area contributed by atoms with Crippen molar-refractivity contribution in [3.63, 3.8) is 0 Å². The smallest absolute Gasteiger partial charge is 0.164 e. The molecular formula is C45H27N3S2. The van der Waals surface area contributed by atoms with Crippen LogP contribution in [0.25, 0.3) is 96.8 Å². The second kappa shape index (κ2) is 11.8. The minimum atomic E-state index is 0.666. The van der Waals surface area contributed by atoms with Gasteiger partial charge in [-0.2, -0.15) is 0 Å². The molecule has 0 spiro atoms. The zero-order valence-electron chi connectivity index (χ0n) is 26.7. The topological polar surface area (TPSA) is 38.7 Å². The number of hydrogen-bond acceptors (Lipinski definition) is 5. The Kier molecular flexibility index (Phi) is 6.86. The highest BCUT2D eigenvalue weighted by Crippen LogP contribution is 2.48. The first kappa shape index (κ1) is 29.0. The van der Waals surface area contributed by atoms with Crippen LogP contribution in [0.4, 0.5) is 0 Å². The van der Waals surface area contributed by atoms with Gasteiger partial charge in [-0.3, -0.25) is 0 Å². The first-order valence-corrected chi connectivity index (χ1v) is 18.2. The van der Waals surface area contributed by atoms with Crippen molar-refractivity contribution in [1.82, 2.24) is 15.0 Å². The van der Waals surface area contributed by atoms with Gasteiger partial charge in [0, 0.05) is 62.6 Å². The predicted octanol–water partition coefficient (Wildman–Crippen LogP) is 12.9. The molecule has 10 rings (SSSR count). The van der Waals surface area contributed by atoms with Crippen LogP contribution in [-0.2, 0) is 0 Å². The monoisotopic (exact) mass is 673 g/mol. The third kappa shape index (κ3) is 4.82. The zero-order chi connectivity index (χ0) is 33.0. The van der Waals surface area contributed by atoms with Gasteiger partial charge in [0.2, 0.25) is 0 Å². The van der Waals surface area contributed by atoms with Crippen molar-refractivity contribution in [2.75, 3.05) is 0 Å². The predicted molar refractivity (Wildman–Crippen MR) is 213 cm³/mol. The van der Waals surface area contributed by atoms with Crippen LogP contribution in [0.3, 0.4) is 0 Å². The fraction of sp³-hybridized carbons (Fsp3) is 0. The second-order valence-corrected chi connectivity index (χ2v) is 14.5. The standard InChI is InChI=1S/C45H27N3S2/c1-4-13-28(14-5-1)32-25-26-34(40-37-19-10-11-22-38(37)49-42(32)40)36-21-12-20-35-33-24-23-31(27-39(33)50-41(35)36)45-47-43(29-15-6-2-7-16-29)46-44(48-45)30-17-8-3-9-18-30/h1-27H. The van der Waals surface area contributed by atoms with E-state index in [1.807, 2.05) is 83.3 Å². The summed E-state index contributed by atoms with van der Waals surface area (Å²) in [4.78, 5) is 14.9. The van der Waals surface area contributed by atoms with Crippen molar-refractivity contribution in [3.05, 3.63) is 164 Å². The number of hydrogen-bond donors (Lipinski definition) is 0. The molecular weight excluding hydrogens is 647 g/mol. The van der Waals surface area contributed by atoms with Crippen molar-refractivity contribution in [3.8, 4) is 56.4 Å². The molecule has 3 aromatic heterocycles. The molecule has 0 fully saturated rings. The van der Waals surface area contributed by atoms with Gasteiger partial charge >= 0.3 is 0 Å². The third-order valence-electron chi connectivity index (χ3n) is 9.36. The van der Waals surface area contributed by atoms with Crippen LogP contribution in [-0.4, -0.2) is 15.0 Å². The molecule has 7 aromatic carbocycles. The van der Waals surface area contributed by atoms with E-state index in [1.165, 1.54) is 62.6 Å². The van der Waals surface area contributed by atoms with Gasteiger partial charge in [-0.1, -0.05) is 152 Å². The summed E-state index contributed by atoms with van der Waals surface area (Å²) in [6, 6.07) is 57.8. The van der Waals surface area contributed by atoms with Crippen molar-refractivity contribution in [1.29, 1.82) is 0 Å². The number of rotatable bonds is 5. The Labute approximate surface area is 296 Å². The molecule has 0 radical (unpaired) electrons. The van der Waals surface area contributed by atoms with Gasteiger partial charge in [0.25, 0.3) is 0 Å². The molecule has 0 aliphatic carbocycles. The summed E-state index contributed by atoms with van der Waals surface area (Å²) in [6.45, 7) is 0. The lowest BCUT2D eigenvalue weighted by atomic mass is 9.94. The molecule has 0 amide bonds. The Morgan fingerprint density at radius 2 is 0.880 bits per heavy atom. The number of aromatic nitrogens is 3. The first-order chi connectivity index (χ1) is 24.8. The van der Waals surface area contributed by atoms with E-state index in [0.717, 1.165) is 16.7 Å². The van der Waals surface area contributed by atoms with Crippen molar-refractivity contribution in [2.24, 2.45) is 0 Å². The lowest BCUT2D eigenvalue weighted by molar-refractivity contribution is 1.07. The van der Waals surface area contributed by atoms with Crippen LogP contribution in [0.1, 0.15) is 0 Å². The lowest BCUT2D eigenvalue weighted by Gasteiger charge is -2.10. The minimum Gasteiger partial charge on any atom is -0.208 e. The SMILES string of the molecule is c1ccc(-c2nc(-c3ccccc3)nc(-c3ccc4c(c3)sc3c(-c5ccc(-c6ccccc6)c6sc7ccccc7c56)cccc34)n2)cc1. The van der Waals surface area contributed by atoms with E-state index in [9.17, 15) is 0 Å². The molecule has 3 nitrogen and oxygen atoms in total. The van der Waals surface area contributed by atoms with Crippen LogP contribution >= 0.6 is 22.7 Å². The summed E-state index contributed by atoms with van der Waals surface area (Å²) in [7, 11) is 0. The molecule has 234 valence electrons. The fourth-order valence-electron chi connectivity index (χ4n) is 6.98. The van der Waals surface area contributed by atoms with E-state index in [2.05, 4.69) is 103 Å². The molecule has 0 bridgehead atoms. The van der Waals surface area contributed by atoms with Crippen LogP contribution < -0.4 is 0 Å². The van der Waals surface area contributed by atoms with E-state index >= 15 is 0 Å². The van der Waals surface area contributed by atoms with Gasteiger partial charge in [0.15, 0.2) is 17.5 Å². The molecule has 0 N–H and O–H groups in total. The summed E-state index contributed by atoms with van der Waals surface area (Å²) in [6.07, 6.45) is 0. The largest absolute Gasteiger partial charge is 0.208 e. The molecule has 0 aliphatic heterocycles. The maximum atomic E-state index is 5.00. The lowest BCUT2D eigenvalue weighted by Crippen LogP contribution is -1.99. The maximum Gasteiger partial charge on any atom is 0.164 e. The van der Waals surface area contributed by atoms with Gasteiger partial charge in [-0.05, 0) is 28.8 Å². The molecule has 10 aromatic rings.